The molecule has 0 radical (unpaired) electrons. The van der Waals surface area contributed by atoms with Crippen molar-refractivity contribution < 1.29 is 9.53 Å². The number of likely N-dealkylation sites (N-methyl/N-ethyl adjacent to an activating group) is 1. The highest BCUT2D eigenvalue weighted by Crippen LogP contribution is 2.13. The largest absolute Gasteiger partial charge is 0.464 e. The molecule has 1 saturated heterocycles. The Bertz CT molecular complexity index is 442. The average molecular weight is 250 g/mol. The number of methoxy groups -OCH3 is 1. The monoisotopic (exact) mass is 250 g/mol. The number of piperazine rings is 1. The number of ether oxygens (including phenoxy) is 1. The Kier molecular flexibility index (Phi) is 3.76. The molecule has 1 aliphatic rings. The second-order valence-corrected chi connectivity index (χ2v) is 4.48. The van der Waals surface area contributed by atoms with Gasteiger partial charge < -0.3 is 14.5 Å². The van der Waals surface area contributed by atoms with E-state index in [9.17, 15) is 4.79 Å². The number of hydrogen-bond donors (Lipinski definition) is 0. The highest BCUT2D eigenvalue weighted by atomic mass is 16.5. The van der Waals surface area contributed by atoms with Crippen LogP contribution in [0, 0.1) is 6.92 Å². The van der Waals surface area contributed by atoms with Gasteiger partial charge in [-0.25, -0.2) is 14.8 Å². The zero-order valence-corrected chi connectivity index (χ0v) is 11.0. The first-order valence-corrected chi connectivity index (χ1v) is 5.97. The van der Waals surface area contributed by atoms with Crippen LogP contribution in [0.4, 0.5) is 5.95 Å². The number of rotatable bonds is 2. The smallest absolute Gasteiger partial charge is 0.356 e. The van der Waals surface area contributed by atoms with E-state index < -0.39 is 5.97 Å². The minimum absolute atomic E-state index is 0.318. The number of hydrogen-bond acceptors (Lipinski definition) is 6. The second-order valence-electron chi connectivity index (χ2n) is 4.48. The minimum Gasteiger partial charge on any atom is -0.464 e. The Balaban J connectivity index is 2.22. The first-order chi connectivity index (χ1) is 8.60. The van der Waals surface area contributed by atoms with E-state index in [0.29, 0.717) is 11.6 Å². The van der Waals surface area contributed by atoms with Crippen LogP contribution in [0.3, 0.4) is 0 Å². The van der Waals surface area contributed by atoms with Gasteiger partial charge in [-0.3, -0.25) is 0 Å². The molecule has 18 heavy (non-hydrogen) atoms. The molecule has 1 aromatic heterocycles. The summed E-state index contributed by atoms with van der Waals surface area (Å²) in [6.07, 6.45) is 0. The van der Waals surface area contributed by atoms with Gasteiger partial charge in [-0.15, -0.1) is 0 Å². The van der Waals surface area contributed by atoms with E-state index in [1.54, 1.807) is 6.07 Å². The summed E-state index contributed by atoms with van der Waals surface area (Å²) >= 11 is 0. The van der Waals surface area contributed by atoms with Crippen LogP contribution in [0.1, 0.15) is 16.2 Å². The van der Waals surface area contributed by atoms with Crippen molar-refractivity contribution in [1.82, 2.24) is 14.9 Å². The van der Waals surface area contributed by atoms with Gasteiger partial charge in [0.15, 0.2) is 5.69 Å². The van der Waals surface area contributed by atoms with Gasteiger partial charge in [0.1, 0.15) is 0 Å². The van der Waals surface area contributed by atoms with Crippen molar-refractivity contribution in [2.45, 2.75) is 6.92 Å². The van der Waals surface area contributed by atoms with Gasteiger partial charge in [-0.1, -0.05) is 0 Å². The summed E-state index contributed by atoms with van der Waals surface area (Å²) in [7, 11) is 3.45. The first kappa shape index (κ1) is 12.8. The highest BCUT2D eigenvalue weighted by molar-refractivity contribution is 5.87. The van der Waals surface area contributed by atoms with Gasteiger partial charge >= 0.3 is 5.97 Å². The van der Waals surface area contributed by atoms with Crippen molar-refractivity contribution in [3.8, 4) is 0 Å². The van der Waals surface area contributed by atoms with Crippen LogP contribution in [0.2, 0.25) is 0 Å². The molecule has 6 heteroatoms. The van der Waals surface area contributed by atoms with Gasteiger partial charge in [-0.05, 0) is 20.0 Å². The quantitative estimate of drug-likeness (QED) is 0.705. The van der Waals surface area contributed by atoms with E-state index >= 15 is 0 Å². The normalized spacial score (nSPS) is 16.7. The molecule has 1 aromatic rings. The topological polar surface area (TPSA) is 58.6 Å². The van der Waals surface area contributed by atoms with Crippen LogP contribution in [0.25, 0.3) is 0 Å². The molecule has 6 nitrogen and oxygen atoms in total. The number of nitrogens with zero attached hydrogens (tertiary/aromatic N) is 4. The lowest BCUT2D eigenvalue weighted by Crippen LogP contribution is -2.45. The lowest BCUT2D eigenvalue weighted by molar-refractivity contribution is 0.0593. The van der Waals surface area contributed by atoms with Crippen molar-refractivity contribution in [2.24, 2.45) is 0 Å². The Morgan fingerprint density at radius 1 is 1.28 bits per heavy atom. The molecule has 0 bridgehead atoms. The molecule has 1 aliphatic heterocycles. The van der Waals surface area contributed by atoms with Crippen LogP contribution in [0.5, 0.6) is 0 Å². The number of carbonyl (C=O) groups is 1. The van der Waals surface area contributed by atoms with Crippen molar-refractivity contribution in [1.29, 1.82) is 0 Å². The standard InChI is InChI=1S/C12H18N4O2/c1-9-8-10(11(17)18-3)14-12(13-9)16-6-4-15(2)5-7-16/h8H,4-7H2,1-3H3. The van der Waals surface area contributed by atoms with Crippen LogP contribution in [0.15, 0.2) is 6.07 Å². The number of aryl methyl sites for hydroxylation is 1. The lowest BCUT2D eigenvalue weighted by atomic mass is 10.3. The fourth-order valence-corrected chi connectivity index (χ4v) is 1.91. The molecule has 2 rings (SSSR count). The molecule has 98 valence electrons. The molecule has 0 saturated carbocycles. The maximum absolute atomic E-state index is 11.5. The van der Waals surface area contributed by atoms with Crippen LogP contribution < -0.4 is 4.90 Å². The third-order valence-corrected chi connectivity index (χ3v) is 3.02. The lowest BCUT2D eigenvalue weighted by Gasteiger charge is -2.32. The van der Waals surface area contributed by atoms with Gasteiger partial charge in [-0.2, -0.15) is 0 Å². The third-order valence-electron chi connectivity index (χ3n) is 3.02. The first-order valence-electron chi connectivity index (χ1n) is 5.97. The van der Waals surface area contributed by atoms with Crippen LogP contribution in [-0.2, 0) is 4.74 Å². The maximum atomic E-state index is 11.5. The van der Waals surface area contributed by atoms with Crippen molar-refractivity contribution >= 4 is 11.9 Å². The van der Waals surface area contributed by atoms with E-state index in [1.807, 2.05) is 6.92 Å². The number of aromatic nitrogens is 2. The zero-order valence-electron chi connectivity index (χ0n) is 11.0. The van der Waals surface area contributed by atoms with E-state index in [0.717, 1.165) is 31.9 Å². The Hall–Kier alpha value is -1.69. The fourth-order valence-electron chi connectivity index (χ4n) is 1.91. The Morgan fingerprint density at radius 2 is 1.94 bits per heavy atom. The molecule has 2 heterocycles. The number of esters is 1. The molecule has 0 spiro atoms. The van der Waals surface area contributed by atoms with Gasteiger partial charge in [0.2, 0.25) is 5.95 Å². The molecule has 0 atom stereocenters. The number of carbonyl (C=O) groups excluding carboxylic acids is 1. The van der Waals surface area contributed by atoms with E-state index in [-0.39, 0.29) is 0 Å². The number of anilines is 1. The van der Waals surface area contributed by atoms with E-state index in [4.69, 9.17) is 4.74 Å². The van der Waals surface area contributed by atoms with E-state index in [2.05, 4.69) is 26.8 Å². The Labute approximate surface area is 107 Å². The summed E-state index contributed by atoms with van der Waals surface area (Å²) in [5.74, 6) is 0.194. The summed E-state index contributed by atoms with van der Waals surface area (Å²) < 4.78 is 4.69. The predicted octanol–water partition coefficient (Wildman–Crippen LogP) is 0.323. The van der Waals surface area contributed by atoms with E-state index in [1.165, 1.54) is 7.11 Å². The summed E-state index contributed by atoms with van der Waals surface area (Å²) in [4.78, 5) is 24.5. The summed E-state index contributed by atoms with van der Waals surface area (Å²) in [5, 5.41) is 0. The minimum atomic E-state index is -0.420. The van der Waals surface area contributed by atoms with Gasteiger partial charge in [0.25, 0.3) is 0 Å². The molecule has 0 amide bonds. The summed E-state index contributed by atoms with van der Waals surface area (Å²) in [6.45, 7) is 5.56. The molecular weight excluding hydrogens is 232 g/mol. The zero-order chi connectivity index (χ0) is 13.1. The molecule has 0 N–H and O–H groups in total. The van der Waals surface area contributed by atoms with Crippen molar-refractivity contribution in [2.75, 3.05) is 45.2 Å². The molecule has 0 unspecified atom stereocenters. The average Bonchev–Trinajstić information content (AvgIpc) is 2.38. The maximum Gasteiger partial charge on any atom is 0.356 e. The highest BCUT2D eigenvalue weighted by Gasteiger charge is 2.19. The SMILES string of the molecule is COC(=O)c1cc(C)nc(N2CCN(C)CC2)n1. The third kappa shape index (κ3) is 2.76. The van der Waals surface area contributed by atoms with Crippen molar-refractivity contribution in [3.05, 3.63) is 17.5 Å². The molecular formula is C12H18N4O2. The van der Waals surface area contributed by atoms with Crippen LogP contribution >= 0.6 is 0 Å². The van der Waals surface area contributed by atoms with Gasteiger partial charge in [0.05, 0.1) is 7.11 Å². The molecule has 0 aliphatic carbocycles. The summed E-state index contributed by atoms with van der Waals surface area (Å²) in [6, 6.07) is 1.64. The van der Waals surface area contributed by atoms with Gasteiger partial charge in [0, 0.05) is 31.9 Å². The molecule has 0 aromatic carbocycles. The molecule has 1 fully saturated rings. The van der Waals surface area contributed by atoms with Crippen LogP contribution in [-0.4, -0.2) is 61.2 Å². The Morgan fingerprint density at radius 3 is 2.56 bits per heavy atom. The predicted molar refractivity (Wildman–Crippen MR) is 67.8 cm³/mol. The second kappa shape index (κ2) is 5.30. The fraction of sp³-hybridized carbons (Fsp3) is 0.583. The summed E-state index contributed by atoms with van der Waals surface area (Å²) in [5.41, 5.74) is 1.10. The van der Waals surface area contributed by atoms with Crippen molar-refractivity contribution in [3.63, 3.8) is 0 Å².